The Morgan fingerprint density at radius 2 is 2.00 bits per heavy atom. The summed E-state index contributed by atoms with van der Waals surface area (Å²) in [5, 5.41) is 1.60. The van der Waals surface area contributed by atoms with Crippen LogP contribution in [0.3, 0.4) is 0 Å². The van der Waals surface area contributed by atoms with Crippen LogP contribution in [0, 0.1) is 0 Å². The normalized spacial score (nSPS) is 11.8. The van der Waals surface area contributed by atoms with E-state index in [4.69, 9.17) is 17.4 Å². The summed E-state index contributed by atoms with van der Waals surface area (Å²) in [6.07, 6.45) is 0. The molecule has 0 spiro atoms. The number of hydrazine groups is 1. The van der Waals surface area contributed by atoms with Crippen LogP contribution in [0.5, 0.6) is 0 Å². The van der Waals surface area contributed by atoms with Gasteiger partial charge in [0.15, 0.2) is 0 Å². The van der Waals surface area contributed by atoms with Crippen molar-refractivity contribution < 1.29 is 0 Å². The van der Waals surface area contributed by atoms with E-state index < -0.39 is 0 Å². The van der Waals surface area contributed by atoms with E-state index in [1.54, 1.807) is 0 Å². The Kier molecular flexibility index (Phi) is 2.98. The van der Waals surface area contributed by atoms with Crippen molar-refractivity contribution in [1.29, 1.82) is 0 Å². The SMILES string of the molecule is CC(C)(C)c1nc2cccc(Cl)c2cc1NN. The average molecular weight is 250 g/mol. The van der Waals surface area contributed by atoms with Crippen LogP contribution in [-0.4, -0.2) is 4.98 Å². The predicted octanol–water partition coefficient (Wildman–Crippen LogP) is 3.47. The number of aromatic nitrogens is 1. The highest BCUT2D eigenvalue weighted by molar-refractivity contribution is 6.35. The lowest BCUT2D eigenvalue weighted by Gasteiger charge is -2.22. The number of anilines is 1. The molecule has 0 amide bonds. The van der Waals surface area contributed by atoms with Gasteiger partial charge in [0.2, 0.25) is 0 Å². The van der Waals surface area contributed by atoms with E-state index in [1.807, 2.05) is 24.3 Å². The number of hydrogen-bond donors (Lipinski definition) is 2. The number of rotatable bonds is 1. The Labute approximate surface area is 106 Å². The van der Waals surface area contributed by atoms with Crippen molar-refractivity contribution in [1.82, 2.24) is 4.98 Å². The maximum absolute atomic E-state index is 6.14. The van der Waals surface area contributed by atoms with E-state index in [0.29, 0.717) is 5.02 Å². The molecule has 0 aliphatic carbocycles. The molecule has 1 aromatic carbocycles. The van der Waals surface area contributed by atoms with Gasteiger partial charge in [-0.2, -0.15) is 0 Å². The number of fused-ring (bicyclic) bond motifs is 1. The van der Waals surface area contributed by atoms with Crippen LogP contribution in [0.1, 0.15) is 26.5 Å². The van der Waals surface area contributed by atoms with Crippen molar-refractivity contribution in [2.45, 2.75) is 26.2 Å². The first-order valence-corrected chi connectivity index (χ1v) is 5.87. The number of pyridine rings is 1. The molecule has 0 bridgehead atoms. The molecule has 0 unspecified atom stereocenters. The largest absolute Gasteiger partial charge is 0.322 e. The van der Waals surface area contributed by atoms with Crippen molar-refractivity contribution in [2.75, 3.05) is 5.43 Å². The first-order valence-electron chi connectivity index (χ1n) is 5.50. The van der Waals surface area contributed by atoms with Crippen LogP contribution in [0.15, 0.2) is 24.3 Å². The average Bonchev–Trinajstić information content (AvgIpc) is 2.27. The first-order chi connectivity index (χ1) is 7.93. The summed E-state index contributed by atoms with van der Waals surface area (Å²) >= 11 is 6.14. The van der Waals surface area contributed by atoms with Gasteiger partial charge >= 0.3 is 0 Å². The van der Waals surface area contributed by atoms with E-state index >= 15 is 0 Å². The summed E-state index contributed by atoms with van der Waals surface area (Å²) in [7, 11) is 0. The molecule has 1 heterocycles. The number of nitrogen functional groups attached to an aromatic ring is 1. The smallest absolute Gasteiger partial charge is 0.0722 e. The van der Waals surface area contributed by atoms with E-state index in [1.165, 1.54) is 0 Å². The van der Waals surface area contributed by atoms with Gasteiger partial charge in [0.1, 0.15) is 0 Å². The molecule has 0 aliphatic heterocycles. The number of nitrogens with zero attached hydrogens (tertiary/aromatic N) is 1. The van der Waals surface area contributed by atoms with Crippen molar-refractivity contribution in [3.05, 3.63) is 35.0 Å². The molecule has 0 aliphatic rings. The Bertz CT molecular complexity index is 558. The zero-order chi connectivity index (χ0) is 12.6. The minimum atomic E-state index is -0.0712. The fourth-order valence-corrected chi connectivity index (χ4v) is 2.07. The van der Waals surface area contributed by atoms with Gasteiger partial charge in [0.05, 0.1) is 21.9 Å². The Hall–Kier alpha value is -1.32. The van der Waals surface area contributed by atoms with Crippen molar-refractivity contribution in [3.8, 4) is 0 Å². The lowest BCUT2D eigenvalue weighted by molar-refractivity contribution is 0.573. The summed E-state index contributed by atoms with van der Waals surface area (Å²) in [5.74, 6) is 5.56. The molecule has 3 N–H and O–H groups in total. The quantitative estimate of drug-likeness (QED) is 0.601. The second kappa shape index (κ2) is 4.17. The molecular weight excluding hydrogens is 234 g/mol. The van der Waals surface area contributed by atoms with Crippen LogP contribution in [-0.2, 0) is 5.41 Å². The minimum absolute atomic E-state index is 0.0712. The molecular formula is C13H16ClN3. The van der Waals surface area contributed by atoms with Crippen LogP contribution >= 0.6 is 11.6 Å². The molecule has 0 saturated heterocycles. The van der Waals surface area contributed by atoms with Crippen molar-refractivity contribution in [2.24, 2.45) is 5.84 Å². The van der Waals surface area contributed by atoms with Gasteiger partial charge in [0.25, 0.3) is 0 Å². The topological polar surface area (TPSA) is 50.9 Å². The molecule has 4 heteroatoms. The summed E-state index contributed by atoms with van der Waals surface area (Å²) in [4.78, 5) is 4.65. The van der Waals surface area contributed by atoms with E-state index in [2.05, 4.69) is 31.2 Å². The van der Waals surface area contributed by atoms with Gasteiger partial charge in [-0.15, -0.1) is 0 Å². The fraction of sp³-hybridized carbons (Fsp3) is 0.308. The lowest BCUT2D eigenvalue weighted by atomic mass is 9.90. The molecule has 3 nitrogen and oxygen atoms in total. The van der Waals surface area contributed by atoms with E-state index in [-0.39, 0.29) is 5.41 Å². The minimum Gasteiger partial charge on any atom is -0.322 e. The third-order valence-corrected chi connectivity index (χ3v) is 3.00. The lowest BCUT2D eigenvalue weighted by Crippen LogP contribution is -2.19. The molecule has 17 heavy (non-hydrogen) atoms. The van der Waals surface area contributed by atoms with Crippen LogP contribution in [0.2, 0.25) is 5.02 Å². The number of nitrogens with one attached hydrogen (secondary N) is 1. The molecule has 0 saturated carbocycles. The highest BCUT2D eigenvalue weighted by atomic mass is 35.5. The summed E-state index contributed by atoms with van der Waals surface area (Å²) in [6, 6.07) is 7.66. The number of hydrogen-bond acceptors (Lipinski definition) is 3. The molecule has 1 aromatic heterocycles. The Balaban J connectivity index is 2.78. The van der Waals surface area contributed by atoms with Crippen LogP contribution in [0.25, 0.3) is 10.9 Å². The van der Waals surface area contributed by atoms with Gasteiger partial charge in [0, 0.05) is 10.8 Å². The molecule has 2 rings (SSSR count). The van der Waals surface area contributed by atoms with Gasteiger partial charge < -0.3 is 5.43 Å². The summed E-state index contributed by atoms with van der Waals surface area (Å²) < 4.78 is 0. The van der Waals surface area contributed by atoms with Gasteiger partial charge in [-0.05, 0) is 18.2 Å². The van der Waals surface area contributed by atoms with Gasteiger partial charge in [-0.25, -0.2) is 0 Å². The zero-order valence-electron chi connectivity index (χ0n) is 10.2. The Morgan fingerprint density at radius 1 is 1.29 bits per heavy atom. The predicted molar refractivity (Wildman–Crippen MR) is 73.3 cm³/mol. The third kappa shape index (κ3) is 2.21. The number of nitrogens with two attached hydrogens (primary N) is 1. The second-order valence-corrected chi connectivity index (χ2v) is 5.49. The number of halogens is 1. The van der Waals surface area contributed by atoms with E-state index in [9.17, 15) is 0 Å². The second-order valence-electron chi connectivity index (χ2n) is 5.09. The fourth-order valence-electron chi connectivity index (χ4n) is 1.84. The Morgan fingerprint density at radius 3 is 2.59 bits per heavy atom. The molecule has 0 fully saturated rings. The highest BCUT2D eigenvalue weighted by Gasteiger charge is 2.20. The zero-order valence-corrected chi connectivity index (χ0v) is 11.0. The van der Waals surface area contributed by atoms with Crippen molar-refractivity contribution in [3.63, 3.8) is 0 Å². The first kappa shape index (κ1) is 12.1. The highest BCUT2D eigenvalue weighted by Crippen LogP contribution is 2.32. The maximum Gasteiger partial charge on any atom is 0.0722 e. The monoisotopic (exact) mass is 249 g/mol. The summed E-state index contributed by atoms with van der Waals surface area (Å²) in [6.45, 7) is 6.31. The van der Waals surface area contributed by atoms with Gasteiger partial charge in [-0.1, -0.05) is 38.4 Å². The van der Waals surface area contributed by atoms with Crippen molar-refractivity contribution >= 4 is 28.2 Å². The maximum atomic E-state index is 6.14. The standard InChI is InChI=1S/C13H16ClN3/c1-13(2,3)12-11(17-15)7-8-9(14)5-4-6-10(8)16-12/h4-7,17H,15H2,1-3H3. The molecule has 0 radical (unpaired) electrons. The van der Waals surface area contributed by atoms with Crippen LogP contribution < -0.4 is 11.3 Å². The van der Waals surface area contributed by atoms with Gasteiger partial charge in [-0.3, -0.25) is 10.8 Å². The number of benzene rings is 1. The van der Waals surface area contributed by atoms with Crippen LogP contribution in [0.4, 0.5) is 5.69 Å². The molecule has 2 aromatic rings. The van der Waals surface area contributed by atoms with E-state index in [0.717, 1.165) is 22.3 Å². The molecule has 0 atom stereocenters. The molecule has 90 valence electrons. The third-order valence-electron chi connectivity index (χ3n) is 2.67. The summed E-state index contributed by atoms with van der Waals surface area (Å²) in [5.41, 5.74) is 5.28.